The van der Waals surface area contributed by atoms with E-state index in [2.05, 4.69) is 4.98 Å². The van der Waals surface area contributed by atoms with Gasteiger partial charge in [-0.1, -0.05) is 0 Å². The third-order valence-corrected chi connectivity index (χ3v) is 3.90. The largest absolute Gasteiger partial charge is 0.506 e. The molecule has 0 bridgehead atoms. The maximum Gasteiger partial charge on any atom is 0.238 e. The van der Waals surface area contributed by atoms with Gasteiger partial charge in [0, 0.05) is 23.0 Å². The molecule has 0 amide bonds. The Hall–Kier alpha value is -2.20. The molecule has 0 aliphatic heterocycles. The first-order valence-corrected chi connectivity index (χ1v) is 8.01. The van der Waals surface area contributed by atoms with Crippen molar-refractivity contribution < 1.29 is 23.7 Å². The number of rotatable bonds is 3. The number of aromatic hydroxyl groups is 1. The number of aryl methyl sites for hydroxylation is 1. The summed E-state index contributed by atoms with van der Waals surface area (Å²) in [5.74, 6) is -0.0379. The predicted octanol–water partition coefficient (Wildman–Crippen LogP) is -0.00358. The Morgan fingerprint density at radius 1 is 1.13 bits per heavy atom. The number of nitrogens with two attached hydrogens (primary N) is 2. The van der Waals surface area contributed by atoms with Crippen LogP contribution < -0.4 is 10.9 Å². The zero-order valence-electron chi connectivity index (χ0n) is 12.5. The molecule has 0 saturated heterocycles. The summed E-state index contributed by atoms with van der Waals surface area (Å²) in [6.07, 6.45) is 1.45. The monoisotopic (exact) mass is 341 g/mol. The van der Waals surface area contributed by atoms with E-state index in [-0.39, 0.29) is 23.9 Å². The van der Waals surface area contributed by atoms with Crippen LogP contribution in [0.15, 0.2) is 35.4 Å². The number of sulfonamides is 1. The lowest BCUT2D eigenvalue weighted by Crippen LogP contribution is -2.11. The Kier molecular flexibility index (Phi) is 6.46. The van der Waals surface area contributed by atoms with Gasteiger partial charge >= 0.3 is 0 Å². The van der Waals surface area contributed by atoms with Crippen LogP contribution in [-0.4, -0.2) is 28.7 Å². The van der Waals surface area contributed by atoms with Crippen molar-refractivity contribution in [2.75, 3.05) is 5.73 Å². The maximum absolute atomic E-state index is 10.7. The van der Waals surface area contributed by atoms with Crippen LogP contribution >= 0.6 is 0 Å². The van der Waals surface area contributed by atoms with E-state index < -0.39 is 10.0 Å². The molecule has 0 radical (unpaired) electrons. The molecular weight excluding hydrogens is 322 g/mol. The number of anilines is 1. The smallest absolute Gasteiger partial charge is 0.238 e. The van der Waals surface area contributed by atoms with E-state index in [9.17, 15) is 13.5 Å². The van der Waals surface area contributed by atoms with Gasteiger partial charge in [0.05, 0.1) is 23.8 Å². The molecule has 1 aromatic heterocycles. The summed E-state index contributed by atoms with van der Waals surface area (Å²) in [4.78, 5) is 3.91. The highest BCUT2D eigenvalue weighted by atomic mass is 32.2. The molecule has 126 valence electrons. The Morgan fingerprint density at radius 2 is 1.70 bits per heavy atom. The average molecular weight is 341 g/mol. The molecule has 2 rings (SSSR count). The number of aliphatic hydroxyl groups excluding tert-OH is 2. The van der Waals surface area contributed by atoms with Gasteiger partial charge < -0.3 is 21.1 Å². The van der Waals surface area contributed by atoms with Crippen molar-refractivity contribution in [1.82, 2.24) is 4.98 Å². The highest BCUT2D eigenvalue weighted by Crippen LogP contribution is 2.23. The minimum absolute atomic E-state index is 0.0379. The fourth-order valence-corrected chi connectivity index (χ4v) is 2.17. The number of hydrogen-bond acceptors (Lipinski definition) is 7. The van der Waals surface area contributed by atoms with Crippen LogP contribution in [0.5, 0.6) is 5.75 Å². The SMILES string of the molecule is Cc1ncc(CO)c(CO)c1O.Nc1ccc(S(N)(=O)=O)cc1. The van der Waals surface area contributed by atoms with Crippen molar-refractivity contribution in [1.29, 1.82) is 0 Å². The van der Waals surface area contributed by atoms with E-state index in [1.54, 1.807) is 6.92 Å². The quantitative estimate of drug-likeness (QED) is 0.491. The third kappa shape index (κ3) is 5.18. The summed E-state index contributed by atoms with van der Waals surface area (Å²) in [5.41, 5.74) is 7.11. The first-order chi connectivity index (χ1) is 10.7. The number of nitrogens with zero attached hydrogens (tertiary/aromatic N) is 1. The lowest BCUT2D eigenvalue weighted by Gasteiger charge is -2.07. The van der Waals surface area contributed by atoms with Crippen molar-refractivity contribution in [2.45, 2.75) is 25.0 Å². The summed E-state index contributed by atoms with van der Waals surface area (Å²) in [6, 6.07) is 5.70. The highest BCUT2D eigenvalue weighted by molar-refractivity contribution is 7.89. The Labute approximate surface area is 134 Å². The normalized spacial score (nSPS) is 10.8. The van der Waals surface area contributed by atoms with E-state index >= 15 is 0 Å². The Morgan fingerprint density at radius 3 is 2.13 bits per heavy atom. The van der Waals surface area contributed by atoms with Crippen LogP contribution in [0.4, 0.5) is 5.69 Å². The summed E-state index contributed by atoms with van der Waals surface area (Å²) in [6.45, 7) is 1.12. The predicted molar refractivity (Wildman–Crippen MR) is 84.7 cm³/mol. The number of aromatic nitrogens is 1. The van der Waals surface area contributed by atoms with Gasteiger partial charge in [0.2, 0.25) is 10.0 Å². The van der Waals surface area contributed by atoms with Crippen LogP contribution in [0.2, 0.25) is 0 Å². The van der Waals surface area contributed by atoms with Crippen LogP contribution in [0.1, 0.15) is 16.8 Å². The minimum Gasteiger partial charge on any atom is -0.506 e. The molecule has 9 heteroatoms. The second-order valence-corrected chi connectivity index (χ2v) is 6.19. The second-order valence-electron chi connectivity index (χ2n) is 4.63. The van der Waals surface area contributed by atoms with E-state index in [0.29, 0.717) is 22.5 Å². The molecule has 7 N–H and O–H groups in total. The standard InChI is InChI=1S/C8H11NO3.C6H8N2O2S/c1-5-8(12)7(4-11)6(3-10)2-9-5;7-5-1-3-6(4-2-5)11(8,9)10/h2,10-12H,3-4H2,1H3;1-4H,7H2,(H2,8,9,10). The fourth-order valence-electron chi connectivity index (χ4n) is 1.65. The lowest BCUT2D eigenvalue weighted by molar-refractivity contribution is 0.254. The number of pyridine rings is 1. The first kappa shape index (κ1) is 18.8. The van der Waals surface area contributed by atoms with Crippen LogP contribution in [0.3, 0.4) is 0 Å². The average Bonchev–Trinajstić information content (AvgIpc) is 2.50. The summed E-state index contributed by atoms with van der Waals surface area (Å²) in [5, 5.41) is 31.9. The van der Waals surface area contributed by atoms with Gasteiger partial charge in [-0.15, -0.1) is 0 Å². The zero-order valence-corrected chi connectivity index (χ0v) is 13.3. The third-order valence-electron chi connectivity index (χ3n) is 2.97. The van der Waals surface area contributed by atoms with Crippen molar-refractivity contribution in [3.8, 4) is 5.75 Å². The number of aliphatic hydroxyl groups is 2. The number of nitrogen functional groups attached to an aromatic ring is 1. The molecule has 1 aromatic carbocycles. The molecule has 2 aromatic rings. The zero-order chi connectivity index (χ0) is 17.6. The molecule has 0 spiro atoms. The van der Waals surface area contributed by atoms with Gasteiger partial charge in [-0.3, -0.25) is 4.98 Å². The summed E-state index contributed by atoms with van der Waals surface area (Å²) >= 11 is 0. The number of primary sulfonamides is 1. The van der Waals surface area contributed by atoms with Crippen molar-refractivity contribution in [3.63, 3.8) is 0 Å². The number of hydrogen-bond donors (Lipinski definition) is 5. The van der Waals surface area contributed by atoms with E-state index in [1.807, 2.05) is 0 Å². The minimum atomic E-state index is -3.58. The molecule has 0 atom stereocenters. The van der Waals surface area contributed by atoms with Gasteiger partial charge in [-0.2, -0.15) is 0 Å². The molecule has 0 unspecified atom stereocenters. The molecule has 0 fully saturated rings. The number of benzene rings is 1. The fraction of sp³-hybridized carbons (Fsp3) is 0.214. The van der Waals surface area contributed by atoms with Crippen molar-refractivity contribution >= 4 is 15.7 Å². The molecule has 23 heavy (non-hydrogen) atoms. The van der Waals surface area contributed by atoms with E-state index in [1.165, 1.54) is 30.5 Å². The van der Waals surface area contributed by atoms with Crippen molar-refractivity contribution in [3.05, 3.63) is 47.3 Å². The molecule has 8 nitrogen and oxygen atoms in total. The van der Waals surface area contributed by atoms with Gasteiger partial charge in [0.15, 0.2) is 0 Å². The molecule has 0 saturated carbocycles. The van der Waals surface area contributed by atoms with E-state index in [4.69, 9.17) is 21.1 Å². The van der Waals surface area contributed by atoms with Gasteiger partial charge in [0.25, 0.3) is 0 Å². The summed E-state index contributed by atoms with van der Waals surface area (Å²) in [7, 11) is -3.58. The van der Waals surface area contributed by atoms with E-state index in [0.717, 1.165) is 0 Å². The van der Waals surface area contributed by atoms with Gasteiger partial charge in [0.1, 0.15) is 5.75 Å². The molecule has 0 aliphatic carbocycles. The maximum atomic E-state index is 10.7. The molecular formula is C14H19N3O5S. The lowest BCUT2D eigenvalue weighted by atomic mass is 10.1. The second kappa shape index (κ2) is 7.88. The first-order valence-electron chi connectivity index (χ1n) is 6.47. The summed E-state index contributed by atoms with van der Waals surface area (Å²) < 4.78 is 21.4. The topological polar surface area (TPSA) is 160 Å². The van der Waals surface area contributed by atoms with Crippen molar-refractivity contribution in [2.24, 2.45) is 5.14 Å². The van der Waals surface area contributed by atoms with Gasteiger partial charge in [-0.05, 0) is 31.2 Å². The Balaban J connectivity index is 0.000000231. The van der Waals surface area contributed by atoms with Crippen LogP contribution in [0, 0.1) is 6.92 Å². The molecule has 0 aliphatic rings. The van der Waals surface area contributed by atoms with Crippen LogP contribution in [-0.2, 0) is 23.2 Å². The highest BCUT2D eigenvalue weighted by Gasteiger charge is 2.09. The molecule has 1 heterocycles. The Bertz CT molecular complexity index is 761. The van der Waals surface area contributed by atoms with Gasteiger partial charge in [-0.25, -0.2) is 13.6 Å². The van der Waals surface area contributed by atoms with Crippen LogP contribution in [0.25, 0.3) is 0 Å².